The third kappa shape index (κ3) is 3.73. The van der Waals surface area contributed by atoms with Crippen molar-refractivity contribution in [1.82, 2.24) is 0 Å². The highest BCUT2D eigenvalue weighted by Crippen LogP contribution is 2.38. The van der Waals surface area contributed by atoms with Crippen molar-refractivity contribution in [3.05, 3.63) is 0 Å². The molecule has 1 fully saturated rings. The first-order valence-corrected chi connectivity index (χ1v) is 8.14. The molecule has 18 heavy (non-hydrogen) atoms. The van der Waals surface area contributed by atoms with Crippen LogP contribution in [0.2, 0.25) is 0 Å². The highest BCUT2D eigenvalue weighted by molar-refractivity contribution is 4.85. The largest absolute Gasteiger partial charge is 0.327 e. The molecule has 1 aliphatic carbocycles. The van der Waals surface area contributed by atoms with E-state index < -0.39 is 0 Å². The van der Waals surface area contributed by atoms with E-state index in [9.17, 15) is 0 Å². The minimum atomic E-state index is 0.395. The summed E-state index contributed by atoms with van der Waals surface area (Å²) in [7, 11) is 0. The van der Waals surface area contributed by atoms with Crippen LogP contribution in [0.1, 0.15) is 67.2 Å². The molecule has 7 unspecified atom stereocenters. The van der Waals surface area contributed by atoms with E-state index in [1.165, 1.54) is 25.7 Å². The number of hydrogen-bond donors (Lipinski definition) is 1. The number of nitrogens with two attached hydrogens (primary N) is 1. The molecule has 0 amide bonds. The van der Waals surface area contributed by atoms with E-state index in [2.05, 4.69) is 41.5 Å². The topological polar surface area (TPSA) is 26.0 Å². The van der Waals surface area contributed by atoms with Crippen LogP contribution in [0.15, 0.2) is 0 Å². The molecule has 7 atom stereocenters. The predicted molar refractivity (Wildman–Crippen MR) is 81.4 cm³/mol. The standard InChI is InChI=1S/C17H35N/c1-7-11(2)14(5)16-9-8-12(3)15(6)17(18)13(4)10-16/h11-17H,7-10,18H2,1-6H3. The molecular weight excluding hydrogens is 218 g/mol. The smallest absolute Gasteiger partial charge is 0.00930 e. The summed E-state index contributed by atoms with van der Waals surface area (Å²) in [6.07, 6.45) is 5.43. The van der Waals surface area contributed by atoms with Crippen LogP contribution in [0, 0.1) is 35.5 Å². The fourth-order valence-corrected chi connectivity index (χ4v) is 3.70. The summed E-state index contributed by atoms with van der Waals surface area (Å²) >= 11 is 0. The summed E-state index contributed by atoms with van der Waals surface area (Å²) in [4.78, 5) is 0. The lowest BCUT2D eigenvalue weighted by molar-refractivity contribution is 0.133. The Kier molecular flexibility index (Phi) is 6.17. The molecule has 0 bridgehead atoms. The second kappa shape index (κ2) is 6.93. The monoisotopic (exact) mass is 253 g/mol. The summed E-state index contributed by atoms with van der Waals surface area (Å²) < 4.78 is 0. The fourth-order valence-electron chi connectivity index (χ4n) is 3.70. The van der Waals surface area contributed by atoms with Crippen molar-refractivity contribution in [2.75, 3.05) is 0 Å². The van der Waals surface area contributed by atoms with Gasteiger partial charge in [0, 0.05) is 6.04 Å². The predicted octanol–water partition coefficient (Wildman–Crippen LogP) is 4.70. The molecule has 0 aliphatic heterocycles. The summed E-state index contributed by atoms with van der Waals surface area (Å²) in [5.74, 6) is 4.74. The molecule has 1 nitrogen and oxygen atoms in total. The Bertz CT molecular complexity index is 238. The first-order valence-electron chi connectivity index (χ1n) is 8.14. The molecule has 1 rings (SSSR count). The first kappa shape index (κ1) is 16.0. The van der Waals surface area contributed by atoms with Crippen LogP contribution in [0.3, 0.4) is 0 Å². The van der Waals surface area contributed by atoms with Gasteiger partial charge in [-0.1, -0.05) is 54.4 Å². The van der Waals surface area contributed by atoms with Crippen LogP contribution in [-0.4, -0.2) is 6.04 Å². The zero-order chi connectivity index (χ0) is 13.9. The maximum atomic E-state index is 6.45. The Morgan fingerprint density at radius 1 is 1.06 bits per heavy atom. The van der Waals surface area contributed by atoms with E-state index >= 15 is 0 Å². The van der Waals surface area contributed by atoms with Crippen molar-refractivity contribution >= 4 is 0 Å². The second-order valence-corrected chi connectivity index (χ2v) is 7.21. The maximum absolute atomic E-state index is 6.45. The van der Waals surface area contributed by atoms with Crippen LogP contribution in [0.4, 0.5) is 0 Å². The van der Waals surface area contributed by atoms with Crippen LogP contribution in [0.5, 0.6) is 0 Å². The van der Waals surface area contributed by atoms with Gasteiger partial charge in [0.2, 0.25) is 0 Å². The Labute approximate surface area is 115 Å². The SMILES string of the molecule is CCC(C)C(C)C1CCC(C)C(C)C(N)C(C)C1. The zero-order valence-electron chi connectivity index (χ0n) is 13.4. The minimum Gasteiger partial charge on any atom is -0.327 e. The molecular formula is C17H35N. The highest BCUT2D eigenvalue weighted by atomic mass is 14.7. The lowest BCUT2D eigenvalue weighted by atomic mass is 9.68. The molecule has 1 aliphatic rings. The molecule has 0 saturated heterocycles. The van der Waals surface area contributed by atoms with Crippen LogP contribution in [-0.2, 0) is 0 Å². The normalized spacial score (nSPS) is 41.8. The van der Waals surface area contributed by atoms with Crippen molar-refractivity contribution in [3.8, 4) is 0 Å². The molecule has 0 heterocycles. The van der Waals surface area contributed by atoms with Crippen LogP contribution in [0.25, 0.3) is 0 Å². The molecule has 108 valence electrons. The maximum Gasteiger partial charge on any atom is 0.00930 e. The summed E-state index contributed by atoms with van der Waals surface area (Å²) in [5, 5.41) is 0. The van der Waals surface area contributed by atoms with Gasteiger partial charge in [0.15, 0.2) is 0 Å². The van der Waals surface area contributed by atoms with E-state index in [-0.39, 0.29) is 0 Å². The third-order valence-electron chi connectivity index (χ3n) is 6.11. The van der Waals surface area contributed by atoms with Gasteiger partial charge in [0.25, 0.3) is 0 Å². The number of hydrogen-bond acceptors (Lipinski definition) is 1. The van der Waals surface area contributed by atoms with Crippen LogP contribution >= 0.6 is 0 Å². The minimum absolute atomic E-state index is 0.395. The van der Waals surface area contributed by atoms with Crippen LogP contribution < -0.4 is 5.73 Å². The van der Waals surface area contributed by atoms with Gasteiger partial charge in [0.1, 0.15) is 0 Å². The average Bonchev–Trinajstić information content (AvgIpc) is 2.38. The van der Waals surface area contributed by atoms with Gasteiger partial charge < -0.3 is 5.73 Å². The quantitative estimate of drug-likeness (QED) is 0.775. The van der Waals surface area contributed by atoms with E-state index in [1.807, 2.05) is 0 Å². The zero-order valence-corrected chi connectivity index (χ0v) is 13.4. The Morgan fingerprint density at radius 2 is 1.67 bits per heavy atom. The molecule has 0 radical (unpaired) electrons. The average molecular weight is 253 g/mol. The molecule has 0 spiro atoms. The van der Waals surface area contributed by atoms with Gasteiger partial charge in [-0.05, 0) is 48.3 Å². The fraction of sp³-hybridized carbons (Fsp3) is 1.00. The van der Waals surface area contributed by atoms with E-state index in [0.717, 1.165) is 23.7 Å². The van der Waals surface area contributed by atoms with E-state index in [4.69, 9.17) is 5.73 Å². The van der Waals surface area contributed by atoms with Crippen molar-refractivity contribution in [2.45, 2.75) is 73.3 Å². The van der Waals surface area contributed by atoms with Gasteiger partial charge in [-0.25, -0.2) is 0 Å². The molecule has 0 aromatic rings. The van der Waals surface area contributed by atoms with Gasteiger partial charge in [-0.2, -0.15) is 0 Å². The lowest BCUT2D eigenvalue weighted by Crippen LogP contribution is -2.41. The molecule has 0 aromatic heterocycles. The molecule has 1 heteroatoms. The molecule has 1 saturated carbocycles. The van der Waals surface area contributed by atoms with E-state index in [0.29, 0.717) is 17.9 Å². The summed E-state index contributed by atoms with van der Waals surface area (Å²) in [6, 6.07) is 0.395. The first-order chi connectivity index (χ1) is 8.38. The Morgan fingerprint density at radius 3 is 2.22 bits per heavy atom. The highest BCUT2D eigenvalue weighted by Gasteiger charge is 2.32. The lowest BCUT2D eigenvalue weighted by Gasteiger charge is -2.39. The van der Waals surface area contributed by atoms with Gasteiger partial charge >= 0.3 is 0 Å². The van der Waals surface area contributed by atoms with Crippen molar-refractivity contribution in [3.63, 3.8) is 0 Å². The Balaban J connectivity index is 2.72. The van der Waals surface area contributed by atoms with Crippen molar-refractivity contribution < 1.29 is 0 Å². The molecule has 0 aromatic carbocycles. The van der Waals surface area contributed by atoms with E-state index in [1.54, 1.807) is 0 Å². The van der Waals surface area contributed by atoms with Gasteiger partial charge in [0.05, 0.1) is 0 Å². The third-order valence-corrected chi connectivity index (χ3v) is 6.11. The number of rotatable bonds is 3. The summed E-state index contributed by atoms with van der Waals surface area (Å²) in [6.45, 7) is 14.3. The van der Waals surface area contributed by atoms with Crippen molar-refractivity contribution in [2.24, 2.45) is 41.2 Å². The van der Waals surface area contributed by atoms with Gasteiger partial charge in [-0.3, -0.25) is 0 Å². The van der Waals surface area contributed by atoms with Gasteiger partial charge in [-0.15, -0.1) is 0 Å². The summed E-state index contributed by atoms with van der Waals surface area (Å²) in [5.41, 5.74) is 6.45. The second-order valence-electron chi connectivity index (χ2n) is 7.21. The molecule has 2 N–H and O–H groups in total. The van der Waals surface area contributed by atoms with Crippen molar-refractivity contribution in [1.29, 1.82) is 0 Å². The Hall–Kier alpha value is -0.0400.